The molecular formula is C21H22F2N2O2. The maximum absolute atomic E-state index is 13.3. The molecule has 3 rings (SSSR count). The van der Waals surface area contributed by atoms with Crippen LogP contribution in [0.2, 0.25) is 0 Å². The minimum absolute atomic E-state index is 0.00324. The summed E-state index contributed by atoms with van der Waals surface area (Å²) in [7, 11) is 0. The Morgan fingerprint density at radius 2 is 1.33 bits per heavy atom. The van der Waals surface area contributed by atoms with E-state index in [-0.39, 0.29) is 23.4 Å². The fraction of sp³-hybridized carbons (Fsp3) is 0.333. The summed E-state index contributed by atoms with van der Waals surface area (Å²) in [6.45, 7) is 3.48. The number of benzene rings is 2. The number of hydrogen-bond acceptors (Lipinski definition) is 2. The van der Waals surface area contributed by atoms with Crippen LogP contribution in [-0.2, 0) is 16.0 Å². The van der Waals surface area contributed by atoms with E-state index in [1.807, 2.05) is 0 Å². The lowest BCUT2D eigenvalue weighted by atomic mass is 9.90. The van der Waals surface area contributed by atoms with Crippen molar-refractivity contribution < 1.29 is 18.4 Å². The van der Waals surface area contributed by atoms with Crippen LogP contribution in [0.1, 0.15) is 24.0 Å². The zero-order valence-electron chi connectivity index (χ0n) is 15.2. The van der Waals surface area contributed by atoms with Gasteiger partial charge in [0.25, 0.3) is 0 Å². The summed E-state index contributed by atoms with van der Waals surface area (Å²) < 4.78 is 26.5. The lowest BCUT2D eigenvalue weighted by Crippen LogP contribution is -2.51. The third kappa shape index (κ3) is 4.70. The number of hydrogen-bond donors (Lipinski definition) is 0. The molecule has 2 amide bonds. The van der Waals surface area contributed by atoms with E-state index >= 15 is 0 Å². The van der Waals surface area contributed by atoms with Crippen molar-refractivity contribution >= 4 is 11.8 Å². The molecule has 2 aromatic rings. The fourth-order valence-corrected chi connectivity index (χ4v) is 3.36. The summed E-state index contributed by atoms with van der Waals surface area (Å²) in [4.78, 5) is 28.1. The maximum Gasteiger partial charge on any atom is 0.230 e. The summed E-state index contributed by atoms with van der Waals surface area (Å²) in [5, 5.41) is 0. The first kappa shape index (κ1) is 19.0. The SMILES string of the molecule is CC(=O)N1CCN(C(=O)C(Cc2ccc(F)cc2)c2ccc(F)cc2)CC1. The van der Waals surface area contributed by atoms with E-state index in [9.17, 15) is 18.4 Å². The molecule has 4 nitrogen and oxygen atoms in total. The smallest absolute Gasteiger partial charge is 0.230 e. The quantitative estimate of drug-likeness (QED) is 0.828. The predicted molar refractivity (Wildman–Crippen MR) is 98.1 cm³/mol. The first-order valence-corrected chi connectivity index (χ1v) is 8.98. The summed E-state index contributed by atoms with van der Waals surface area (Å²) in [6.07, 6.45) is 0.400. The van der Waals surface area contributed by atoms with Crippen LogP contribution in [0.5, 0.6) is 0 Å². The Kier molecular flexibility index (Phi) is 5.84. The first-order chi connectivity index (χ1) is 12.9. The van der Waals surface area contributed by atoms with Crippen LogP contribution in [0.25, 0.3) is 0 Å². The van der Waals surface area contributed by atoms with Crippen LogP contribution in [-0.4, -0.2) is 47.8 Å². The highest BCUT2D eigenvalue weighted by atomic mass is 19.1. The van der Waals surface area contributed by atoms with Gasteiger partial charge in [-0.25, -0.2) is 8.78 Å². The number of halogens is 2. The number of carbonyl (C=O) groups excluding carboxylic acids is 2. The van der Waals surface area contributed by atoms with Gasteiger partial charge in [-0.3, -0.25) is 9.59 Å². The van der Waals surface area contributed by atoms with Gasteiger partial charge in [0.2, 0.25) is 11.8 Å². The molecular weight excluding hydrogens is 350 g/mol. The molecule has 1 heterocycles. The highest BCUT2D eigenvalue weighted by Crippen LogP contribution is 2.25. The highest BCUT2D eigenvalue weighted by Gasteiger charge is 2.29. The molecule has 1 fully saturated rings. The molecule has 2 aromatic carbocycles. The number of rotatable bonds is 4. The van der Waals surface area contributed by atoms with Crippen molar-refractivity contribution in [1.82, 2.24) is 9.80 Å². The van der Waals surface area contributed by atoms with Crippen LogP contribution in [0.3, 0.4) is 0 Å². The summed E-state index contributed by atoms with van der Waals surface area (Å²) in [6, 6.07) is 12.0. The first-order valence-electron chi connectivity index (χ1n) is 8.98. The second-order valence-electron chi connectivity index (χ2n) is 6.77. The molecule has 6 heteroatoms. The molecule has 27 heavy (non-hydrogen) atoms. The molecule has 1 aliphatic heterocycles. The molecule has 0 bridgehead atoms. The van der Waals surface area contributed by atoms with Gasteiger partial charge in [0.15, 0.2) is 0 Å². The van der Waals surface area contributed by atoms with Gasteiger partial charge in [-0.15, -0.1) is 0 Å². The summed E-state index contributed by atoms with van der Waals surface area (Å²) in [5.74, 6) is -1.23. The van der Waals surface area contributed by atoms with E-state index in [1.54, 1.807) is 34.1 Å². The van der Waals surface area contributed by atoms with Crippen molar-refractivity contribution in [2.45, 2.75) is 19.3 Å². The Morgan fingerprint density at radius 3 is 1.85 bits per heavy atom. The minimum atomic E-state index is -0.486. The predicted octanol–water partition coefficient (Wildman–Crippen LogP) is 2.98. The Labute approximate surface area is 157 Å². The van der Waals surface area contributed by atoms with Crippen molar-refractivity contribution in [2.75, 3.05) is 26.2 Å². The molecule has 1 aliphatic rings. The molecule has 0 radical (unpaired) electrons. The molecule has 0 saturated carbocycles. The summed E-state index contributed by atoms with van der Waals surface area (Å²) >= 11 is 0. The second kappa shape index (κ2) is 8.29. The van der Waals surface area contributed by atoms with Crippen molar-refractivity contribution in [1.29, 1.82) is 0 Å². The van der Waals surface area contributed by atoms with Gasteiger partial charge in [0.05, 0.1) is 5.92 Å². The van der Waals surface area contributed by atoms with Gasteiger partial charge < -0.3 is 9.80 Å². The average Bonchev–Trinajstić information content (AvgIpc) is 2.68. The van der Waals surface area contributed by atoms with Gasteiger partial charge in [-0.1, -0.05) is 24.3 Å². The van der Waals surface area contributed by atoms with Gasteiger partial charge >= 0.3 is 0 Å². The van der Waals surface area contributed by atoms with E-state index in [1.165, 1.54) is 31.2 Å². The van der Waals surface area contributed by atoms with Crippen LogP contribution in [0.15, 0.2) is 48.5 Å². The largest absolute Gasteiger partial charge is 0.339 e. The normalized spacial score (nSPS) is 15.5. The molecule has 1 saturated heterocycles. The molecule has 0 spiro atoms. The topological polar surface area (TPSA) is 40.6 Å². The van der Waals surface area contributed by atoms with Crippen LogP contribution in [0.4, 0.5) is 8.78 Å². The minimum Gasteiger partial charge on any atom is -0.339 e. The van der Waals surface area contributed by atoms with E-state index in [4.69, 9.17) is 0 Å². The molecule has 0 aliphatic carbocycles. The van der Waals surface area contributed by atoms with Gasteiger partial charge in [-0.05, 0) is 41.8 Å². The zero-order valence-corrected chi connectivity index (χ0v) is 15.2. The molecule has 0 N–H and O–H groups in total. The van der Waals surface area contributed by atoms with Gasteiger partial charge in [-0.2, -0.15) is 0 Å². The third-order valence-corrected chi connectivity index (χ3v) is 4.96. The standard InChI is InChI=1S/C21H22F2N2O2/c1-15(26)24-10-12-25(13-11-24)21(27)20(17-4-8-19(23)9-5-17)14-16-2-6-18(22)7-3-16/h2-9,20H,10-14H2,1H3. The van der Waals surface area contributed by atoms with Crippen molar-refractivity contribution in [2.24, 2.45) is 0 Å². The van der Waals surface area contributed by atoms with Crippen LogP contribution in [0, 0.1) is 11.6 Å². The molecule has 1 atom stereocenters. The van der Waals surface area contributed by atoms with E-state index in [0.29, 0.717) is 32.6 Å². The van der Waals surface area contributed by atoms with Crippen LogP contribution >= 0.6 is 0 Å². The van der Waals surface area contributed by atoms with Gasteiger partial charge in [0, 0.05) is 33.1 Å². The Hall–Kier alpha value is -2.76. The third-order valence-electron chi connectivity index (χ3n) is 4.96. The van der Waals surface area contributed by atoms with Crippen molar-refractivity contribution in [3.05, 3.63) is 71.3 Å². The van der Waals surface area contributed by atoms with E-state index in [2.05, 4.69) is 0 Å². The van der Waals surface area contributed by atoms with Crippen LogP contribution < -0.4 is 0 Å². The zero-order chi connectivity index (χ0) is 19.4. The van der Waals surface area contributed by atoms with E-state index in [0.717, 1.165) is 11.1 Å². The monoisotopic (exact) mass is 372 g/mol. The Bertz CT molecular complexity index is 798. The maximum atomic E-state index is 13.3. The molecule has 0 aromatic heterocycles. The lowest BCUT2D eigenvalue weighted by molar-refractivity contribution is -0.139. The Balaban J connectivity index is 1.80. The molecule has 1 unspecified atom stereocenters. The number of carbonyl (C=O) groups is 2. The number of nitrogens with zero attached hydrogens (tertiary/aromatic N) is 2. The van der Waals surface area contributed by atoms with E-state index < -0.39 is 5.92 Å². The number of piperazine rings is 1. The summed E-state index contributed by atoms with van der Waals surface area (Å²) in [5.41, 5.74) is 1.56. The van der Waals surface area contributed by atoms with Crippen molar-refractivity contribution in [3.63, 3.8) is 0 Å². The van der Waals surface area contributed by atoms with Gasteiger partial charge in [0.1, 0.15) is 11.6 Å². The lowest BCUT2D eigenvalue weighted by Gasteiger charge is -2.36. The second-order valence-corrected chi connectivity index (χ2v) is 6.77. The molecule has 142 valence electrons. The Morgan fingerprint density at radius 1 is 0.852 bits per heavy atom. The average molecular weight is 372 g/mol. The highest BCUT2D eigenvalue weighted by molar-refractivity contribution is 5.84. The number of amides is 2. The van der Waals surface area contributed by atoms with Crippen molar-refractivity contribution in [3.8, 4) is 0 Å². The fourth-order valence-electron chi connectivity index (χ4n) is 3.36.